The Balaban J connectivity index is 1.57. The predicted octanol–water partition coefficient (Wildman–Crippen LogP) is 6.29. The fraction of sp³-hybridized carbons (Fsp3) is 0.931. The monoisotopic (exact) mass is 443 g/mol. The largest absolute Gasteiger partial charge is 0.327 e. The van der Waals surface area contributed by atoms with Gasteiger partial charge < -0.3 is 15.3 Å². The fourth-order valence-electron chi connectivity index (χ4n) is 9.81. The maximum absolute atomic E-state index is 12.4. The molecule has 0 bridgehead atoms. The van der Waals surface area contributed by atoms with Gasteiger partial charge in [0.2, 0.25) is 0 Å². The molecule has 0 amide bonds. The number of hydrogen-bond acceptors (Lipinski definition) is 3. The quantitative estimate of drug-likeness (QED) is 0.471. The number of carbonyl (C=O) groups excluding carboxylic acids is 2. The Morgan fingerprint density at radius 3 is 2.22 bits per heavy atom. The summed E-state index contributed by atoms with van der Waals surface area (Å²) in [5.41, 5.74) is 7.58. The van der Waals surface area contributed by atoms with Crippen molar-refractivity contribution in [1.29, 1.82) is 0 Å². The van der Waals surface area contributed by atoms with Crippen molar-refractivity contribution >= 4 is 12.6 Å². The first-order valence-electron chi connectivity index (χ1n) is 13.8. The van der Waals surface area contributed by atoms with Crippen LogP contribution in [-0.2, 0) is 9.59 Å². The van der Waals surface area contributed by atoms with Crippen LogP contribution in [0.1, 0.15) is 98.8 Å². The van der Waals surface area contributed by atoms with Crippen molar-refractivity contribution in [3.8, 4) is 0 Å². The van der Waals surface area contributed by atoms with Crippen LogP contribution in [0.3, 0.4) is 0 Å². The molecule has 4 fully saturated rings. The van der Waals surface area contributed by atoms with Crippen molar-refractivity contribution in [1.82, 2.24) is 0 Å². The van der Waals surface area contributed by atoms with E-state index in [0.29, 0.717) is 23.2 Å². The minimum Gasteiger partial charge on any atom is -0.327 e. The van der Waals surface area contributed by atoms with Gasteiger partial charge in [0.1, 0.15) is 12.6 Å². The van der Waals surface area contributed by atoms with Crippen LogP contribution < -0.4 is 5.73 Å². The fourth-order valence-corrected chi connectivity index (χ4v) is 9.81. The Hall–Kier alpha value is -0.700. The van der Waals surface area contributed by atoms with Crippen LogP contribution in [0.2, 0.25) is 0 Å². The maximum atomic E-state index is 12.4. The van der Waals surface area contributed by atoms with Crippen molar-refractivity contribution < 1.29 is 9.59 Å². The first kappa shape index (κ1) is 24.4. The van der Waals surface area contributed by atoms with E-state index in [1.54, 1.807) is 0 Å². The van der Waals surface area contributed by atoms with E-state index in [0.717, 1.165) is 43.3 Å². The Kier molecular flexibility index (Phi) is 6.99. The van der Waals surface area contributed by atoms with Crippen LogP contribution in [0.25, 0.3) is 0 Å². The van der Waals surface area contributed by atoms with Gasteiger partial charge in [0.05, 0.1) is 0 Å². The van der Waals surface area contributed by atoms with Crippen LogP contribution in [0, 0.1) is 64.1 Å². The average Bonchev–Trinajstić information content (AvgIpc) is 3.11. The highest BCUT2D eigenvalue weighted by Crippen LogP contribution is 2.69. The highest BCUT2D eigenvalue weighted by Gasteiger charge is 2.64. The van der Waals surface area contributed by atoms with Crippen LogP contribution >= 0.6 is 0 Å². The van der Waals surface area contributed by atoms with Gasteiger partial charge in [-0.1, -0.05) is 53.9 Å². The van der Waals surface area contributed by atoms with Crippen LogP contribution in [0.15, 0.2) is 0 Å². The summed E-state index contributed by atoms with van der Waals surface area (Å²) < 4.78 is 0. The molecule has 0 aromatic rings. The molecule has 3 heteroatoms. The van der Waals surface area contributed by atoms with E-state index >= 15 is 0 Å². The molecule has 4 saturated carbocycles. The smallest absolute Gasteiger partial charge is 0.124 e. The Morgan fingerprint density at radius 1 is 0.875 bits per heavy atom. The predicted molar refractivity (Wildman–Crippen MR) is 131 cm³/mol. The normalized spacial score (nSPS) is 49.1. The van der Waals surface area contributed by atoms with Gasteiger partial charge in [-0.05, 0) is 97.2 Å². The summed E-state index contributed by atoms with van der Waals surface area (Å²) in [4.78, 5) is 24.0. The Bertz CT molecular complexity index is 691. The summed E-state index contributed by atoms with van der Waals surface area (Å²) >= 11 is 0. The third-order valence-corrected chi connectivity index (χ3v) is 11.5. The molecule has 0 aromatic carbocycles. The van der Waals surface area contributed by atoms with Crippen LogP contribution in [-0.4, -0.2) is 18.6 Å². The van der Waals surface area contributed by atoms with Gasteiger partial charge in [-0.25, -0.2) is 0 Å². The van der Waals surface area contributed by atoms with Crippen molar-refractivity contribution in [3.63, 3.8) is 0 Å². The minimum atomic E-state index is -0.0751. The van der Waals surface area contributed by atoms with Crippen molar-refractivity contribution in [2.45, 2.75) is 105 Å². The second-order valence-corrected chi connectivity index (χ2v) is 13.4. The van der Waals surface area contributed by atoms with Crippen LogP contribution in [0.5, 0.6) is 0 Å². The van der Waals surface area contributed by atoms with E-state index in [1.165, 1.54) is 51.2 Å². The summed E-state index contributed by atoms with van der Waals surface area (Å²) in [7, 11) is 0. The molecule has 182 valence electrons. The first-order valence-corrected chi connectivity index (χ1v) is 13.8. The van der Waals surface area contributed by atoms with Gasteiger partial charge in [-0.2, -0.15) is 0 Å². The third kappa shape index (κ3) is 3.83. The van der Waals surface area contributed by atoms with Crippen molar-refractivity contribution in [2.75, 3.05) is 0 Å². The number of aldehydes is 2. The summed E-state index contributed by atoms with van der Waals surface area (Å²) in [6.07, 6.45) is 14.6. The zero-order chi connectivity index (χ0) is 23.3. The van der Waals surface area contributed by atoms with Gasteiger partial charge in [0.15, 0.2) is 0 Å². The highest BCUT2D eigenvalue weighted by molar-refractivity contribution is 5.58. The molecule has 0 aromatic heterocycles. The number of rotatable bonds is 7. The maximum Gasteiger partial charge on any atom is 0.124 e. The lowest BCUT2D eigenvalue weighted by molar-refractivity contribution is -0.160. The number of hydrogen-bond donors (Lipinski definition) is 1. The zero-order valence-corrected chi connectivity index (χ0v) is 21.4. The van der Waals surface area contributed by atoms with E-state index in [-0.39, 0.29) is 29.2 Å². The third-order valence-electron chi connectivity index (χ3n) is 11.5. The second-order valence-electron chi connectivity index (χ2n) is 13.4. The Labute approximate surface area is 197 Å². The molecular weight excluding hydrogens is 394 g/mol. The highest BCUT2D eigenvalue weighted by atomic mass is 16.1. The van der Waals surface area contributed by atoms with Gasteiger partial charge in [0.25, 0.3) is 0 Å². The molecule has 2 N–H and O–H groups in total. The first-order chi connectivity index (χ1) is 15.2. The number of fused-ring (bicyclic) bond motifs is 5. The van der Waals surface area contributed by atoms with Gasteiger partial charge >= 0.3 is 0 Å². The molecule has 0 aliphatic heterocycles. The SMILES string of the molecule is CC(C)CCC[C@@H](C)[C@H]1CC[C@H]2[C@@H]3[C@H](N)[C@@H](C=O)C4C[C@@H](C=O)CC[C@]4(C)[C@H]3CC[C@]12C. The van der Waals surface area contributed by atoms with E-state index in [9.17, 15) is 9.59 Å². The molecule has 4 rings (SSSR count). The summed E-state index contributed by atoms with van der Waals surface area (Å²) in [5, 5.41) is 0. The van der Waals surface area contributed by atoms with Gasteiger partial charge in [-0.15, -0.1) is 0 Å². The Morgan fingerprint density at radius 2 is 1.56 bits per heavy atom. The molecule has 11 atom stereocenters. The zero-order valence-electron chi connectivity index (χ0n) is 21.4. The molecule has 4 aliphatic carbocycles. The topological polar surface area (TPSA) is 60.2 Å². The average molecular weight is 444 g/mol. The molecule has 0 radical (unpaired) electrons. The van der Waals surface area contributed by atoms with Crippen molar-refractivity contribution in [2.24, 2.45) is 69.8 Å². The van der Waals surface area contributed by atoms with E-state index in [2.05, 4.69) is 34.6 Å². The molecule has 0 saturated heterocycles. The number of carbonyl (C=O) groups is 2. The lowest BCUT2D eigenvalue weighted by atomic mass is 9.41. The van der Waals surface area contributed by atoms with Crippen molar-refractivity contribution in [3.05, 3.63) is 0 Å². The van der Waals surface area contributed by atoms with E-state index < -0.39 is 0 Å². The van der Waals surface area contributed by atoms with Crippen LogP contribution in [0.4, 0.5) is 0 Å². The molecular formula is C29H49NO2. The second kappa shape index (κ2) is 9.16. The number of nitrogens with two attached hydrogens (primary N) is 1. The summed E-state index contributed by atoms with van der Waals surface area (Å²) in [6, 6.07) is -0.0272. The molecule has 4 aliphatic rings. The summed E-state index contributed by atoms with van der Waals surface area (Å²) in [5.74, 6) is 4.49. The molecule has 0 spiro atoms. The molecule has 1 unspecified atom stereocenters. The molecule has 32 heavy (non-hydrogen) atoms. The van der Waals surface area contributed by atoms with E-state index in [1.807, 2.05) is 0 Å². The van der Waals surface area contributed by atoms with Gasteiger partial charge in [-0.3, -0.25) is 0 Å². The van der Waals surface area contributed by atoms with E-state index in [4.69, 9.17) is 5.73 Å². The summed E-state index contributed by atoms with van der Waals surface area (Å²) in [6.45, 7) is 12.2. The lowest BCUT2D eigenvalue weighted by Crippen LogP contribution is -2.64. The lowest BCUT2D eigenvalue weighted by Gasteiger charge is -2.64. The molecule has 3 nitrogen and oxygen atoms in total. The van der Waals surface area contributed by atoms with Gasteiger partial charge in [0, 0.05) is 17.9 Å². The minimum absolute atomic E-state index is 0.0272. The standard InChI is InChI=1S/C29H49NO2/c1-18(2)7-6-8-19(3)22-9-10-23-26-24(12-14-28(22,23)4)29(5)13-11-20(16-31)15-25(29)21(17-32)27(26)30/h16-27H,6-15,30H2,1-5H3/t19-,20+,21+,22-,23+,24+,25?,26+,27-,28-,29-/m1/s1. The molecule has 0 heterocycles.